The molecule has 1 aromatic rings. The van der Waals surface area contributed by atoms with Crippen LogP contribution in [0, 0.1) is 11.3 Å². The molecule has 0 fully saturated rings. The molecule has 1 aromatic carbocycles. The predicted molar refractivity (Wildman–Crippen MR) is 47.8 cm³/mol. The molecule has 0 aliphatic heterocycles. The van der Waals surface area contributed by atoms with Crippen molar-refractivity contribution in [2.24, 2.45) is 0 Å². The second-order valence-electron chi connectivity index (χ2n) is 2.26. The van der Waals surface area contributed by atoms with Crippen molar-refractivity contribution in [2.45, 2.75) is 6.61 Å². The molecule has 0 heterocycles. The minimum atomic E-state index is -2.96. The van der Waals surface area contributed by atoms with E-state index >= 15 is 0 Å². The van der Waals surface area contributed by atoms with Crippen molar-refractivity contribution in [1.29, 1.82) is 5.26 Å². The molecule has 0 unspecified atom stereocenters. The van der Waals surface area contributed by atoms with Gasteiger partial charge in [0.15, 0.2) is 0 Å². The highest BCUT2D eigenvalue weighted by molar-refractivity contribution is 6.42. The van der Waals surface area contributed by atoms with E-state index in [-0.39, 0.29) is 21.4 Å². The second kappa shape index (κ2) is 4.45. The van der Waals surface area contributed by atoms with Gasteiger partial charge in [0.05, 0.1) is 15.6 Å². The molecule has 0 aromatic heterocycles. The predicted octanol–water partition coefficient (Wildman–Crippen LogP) is 3.47. The number of rotatable bonds is 2. The largest absolute Gasteiger partial charge is 0.435 e. The molecule has 1 rings (SSSR count). The standard InChI is InChI=1S/C8H3Cl2F2NO/c9-6-2-5(14-8(11)12)1-4(3-13)7(6)10/h1-2,8H. The van der Waals surface area contributed by atoms with E-state index in [1.165, 1.54) is 0 Å². The van der Waals surface area contributed by atoms with E-state index in [1.54, 1.807) is 6.07 Å². The van der Waals surface area contributed by atoms with E-state index in [0.717, 1.165) is 12.1 Å². The van der Waals surface area contributed by atoms with Crippen LogP contribution in [0.15, 0.2) is 12.1 Å². The zero-order valence-electron chi connectivity index (χ0n) is 6.60. The van der Waals surface area contributed by atoms with Crippen LogP contribution in [0.5, 0.6) is 5.75 Å². The maximum absolute atomic E-state index is 11.8. The van der Waals surface area contributed by atoms with Crippen LogP contribution in [0.25, 0.3) is 0 Å². The van der Waals surface area contributed by atoms with Gasteiger partial charge >= 0.3 is 6.61 Å². The van der Waals surface area contributed by atoms with Gasteiger partial charge in [-0.1, -0.05) is 23.2 Å². The van der Waals surface area contributed by atoms with Crippen molar-refractivity contribution in [3.8, 4) is 11.8 Å². The minimum absolute atomic E-state index is 0.00127. The monoisotopic (exact) mass is 237 g/mol. The quantitative estimate of drug-likeness (QED) is 0.790. The first kappa shape index (κ1) is 11.0. The fourth-order valence-corrected chi connectivity index (χ4v) is 1.18. The number of ether oxygens (including phenoxy) is 1. The highest BCUT2D eigenvalue weighted by atomic mass is 35.5. The van der Waals surface area contributed by atoms with Crippen LogP contribution in [0.2, 0.25) is 10.0 Å². The fourth-order valence-electron chi connectivity index (χ4n) is 0.816. The van der Waals surface area contributed by atoms with Gasteiger partial charge in [-0.25, -0.2) is 0 Å². The molecule has 0 spiro atoms. The highest BCUT2D eigenvalue weighted by Gasteiger charge is 2.11. The molecule has 14 heavy (non-hydrogen) atoms. The SMILES string of the molecule is N#Cc1cc(OC(F)F)cc(Cl)c1Cl. The molecule has 0 saturated heterocycles. The van der Waals surface area contributed by atoms with Gasteiger partial charge in [-0.15, -0.1) is 0 Å². The van der Waals surface area contributed by atoms with E-state index in [9.17, 15) is 8.78 Å². The normalized spacial score (nSPS) is 10.0. The number of benzene rings is 1. The van der Waals surface area contributed by atoms with Crippen molar-refractivity contribution in [3.05, 3.63) is 27.7 Å². The molecule has 0 saturated carbocycles. The Labute approximate surface area is 88.6 Å². The number of nitriles is 1. The van der Waals surface area contributed by atoms with Crippen LogP contribution >= 0.6 is 23.2 Å². The summed E-state index contributed by atoms with van der Waals surface area (Å²) >= 11 is 11.2. The fraction of sp³-hybridized carbons (Fsp3) is 0.125. The molecule has 0 aliphatic rings. The average molecular weight is 238 g/mol. The van der Waals surface area contributed by atoms with E-state index in [1.807, 2.05) is 0 Å². The van der Waals surface area contributed by atoms with Crippen molar-refractivity contribution in [2.75, 3.05) is 0 Å². The summed E-state index contributed by atoms with van der Waals surface area (Å²) in [5.74, 6) is -0.189. The molecule has 6 heteroatoms. The van der Waals surface area contributed by atoms with Crippen LogP contribution in [-0.4, -0.2) is 6.61 Å². The Balaban J connectivity index is 3.11. The topological polar surface area (TPSA) is 33.0 Å². The summed E-state index contributed by atoms with van der Waals surface area (Å²) in [4.78, 5) is 0. The lowest BCUT2D eigenvalue weighted by Gasteiger charge is -2.06. The molecule has 0 radical (unpaired) electrons. The first-order chi connectivity index (χ1) is 6.54. The number of hydrogen-bond acceptors (Lipinski definition) is 2. The van der Waals surface area contributed by atoms with Gasteiger partial charge in [0.25, 0.3) is 0 Å². The molecule has 0 aliphatic carbocycles. The zero-order chi connectivity index (χ0) is 10.7. The Hall–Kier alpha value is -1.05. The maximum atomic E-state index is 11.8. The van der Waals surface area contributed by atoms with Gasteiger partial charge in [-0.3, -0.25) is 0 Å². The van der Waals surface area contributed by atoms with E-state index in [4.69, 9.17) is 28.5 Å². The third-order valence-corrected chi connectivity index (χ3v) is 2.15. The average Bonchev–Trinajstić information content (AvgIpc) is 2.10. The lowest BCUT2D eigenvalue weighted by molar-refractivity contribution is -0.0498. The molecule has 0 amide bonds. The lowest BCUT2D eigenvalue weighted by atomic mass is 10.2. The Morgan fingerprint density at radius 3 is 2.50 bits per heavy atom. The van der Waals surface area contributed by atoms with Crippen molar-refractivity contribution >= 4 is 23.2 Å². The summed E-state index contributed by atoms with van der Waals surface area (Å²) in [5, 5.41) is 8.59. The van der Waals surface area contributed by atoms with Gasteiger partial charge in [-0.2, -0.15) is 14.0 Å². The van der Waals surface area contributed by atoms with E-state index < -0.39 is 6.61 Å². The summed E-state index contributed by atoms with van der Waals surface area (Å²) in [6.45, 7) is -2.96. The van der Waals surface area contributed by atoms with Gasteiger partial charge in [-0.05, 0) is 6.07 Å². The van der Waals surface area contributed by atoms with E-state index in [2.05, 4.69) is 4.74 Å². The van der Waals surface area contributed by atoms with Gasteiger partial charge in [0.2, 0.25) is 0 Å². The van der Waals surface area contributed by atoms with Crippen LogP contribution in [-0.2, 0) is 0 Å². The molecular formula is C8H3Cl2F2NO. The second-order valence-corrected chi connectivity index (χ2v) is 3.04. The minimum Gasteiger partial charge on any atom is -0.435 e. The van der Waals surface area contributed by atoms with E-state index in [0.29, 0.717) is 0 Å². The van der Waals surface area contributed by atoms with Crippen molar-refractivity contribution in [3.63, 3.8) is 0 Å². The number of nitrogens with zero attached hydrogens (tertiary/aromatic N) is 1. The Morgan fingerprint density at radius 1 is 1.36 bits per heavy atom. The smallest absolute Gasteiger partial charge is 0.387 e. The van der Waals surface area contributed by atoms with Crippen LogP contribution in [0.1, 0.15) is 5.56 Å². The lowest BCUT2D eigenvalue weighted by Crippen LogP contribution is -2.02. The van der Waals surface area contributed by atoms with Gasteiger partial charge in [0.1, 0.15) is 11.8 Å². The Morgan fingerprint density at radius 2 is 2.00 bits per heavy atom. The zero-order valence-corrected chi connectivity index (χ0v) is 8.11. The first-order valence-electron chi connectivity index (χ1n) is 3.38. The maximum Gasteiger partial charge on any atom is 0.387 e. The third-order valence-electron chi connectivity index (χ3n) is 1.35. The first-order valence-corrected chi connectivity index (χ1v) is 4.14. The molecule has 0 bridgehead atoms. The van der Waals surface area contributed by atoms with Crippen molar-refractivity contribution < 1.29 is 13.5 Å². The molecular weight excluding hydrogens is 235 g/mol. The summed E-state index contributed by atoms with van der Waals surface area (Å²) in [5.41, 5.74) is -0.00480. The van der Waals surface area contributed by atoms with Crippen molar-refractivity contribution in [1.82, 2.24) is 0 Å². The third kappa shape index (κ3) is 2.47. The van der Waals surface area contributed by atoms with Crippen LogP contribution < -0.4 is 4.74 Å². The number of halogens is 4. The Kier molecular flexibility index (Phi) is 3.50. The molecule has 74 valence electrons. The number of alkyl halides is 2. The summed E-state index contributed by atoms with van der Waals surface area (Å²) < 4.78 is 27.7. The summed E-state index contributed by atoms with van der Waals surface area (Å²) in [6.07, 6.45) is 0. The van der Waals surface area contributed by atoms with Gasteiger partial charge in [0, 0.05) is 6.07 Å². The number of hydrogen-bond donors (Lipinski definition) is 0. The summed E-state index contributed by atoms with van der Waals surface area (Å²) in [6, 6.07) is 3.93. The summed E-state index contributed by atoms with van der Waals surface area (Å²) in [7, 11) is 0. The van der Waals surface area contributed by atoms with Crippen LogP contribution in [0.3, 0.4) is 0 Å². The van der Waals surface area contributed by atoms with Gasteiger partial charge < -0.3 is 4.74 Å². The Bertz CT molecular complexity index is 390. The molecule has 0 atom stereocenters. The molecule has 0 N–H and O–H groups in total. The highest BCUT2D eigenvalue weighted by Crippen LogP contribution is 2.31. The van der Waals surface area contributed by atoms with Crippen LogP contribution in [0.4, 0.5) is 8.78 Å². The molecule has 2 nitrogen and oxygen atoms in total.